The maximum atomic E-state index is 13.0. The van der Waals surface area contributed by atoms with Gasteiger partial charge in [0.15, 0.2) is 5.78 Å². The summed E-state index contributed by atoms with van der Waals surface area (Å²) in [4.78, 5) is 15.4. The number of carbonyl (C=O) groups excluding carboxylic acids is 1. The Kier molecular flexibility index (Phi) is 4.63. The maximum Gasteiger partial charge on any atom is 0.152 e. The molecule has 5 rings (SSSR count). The Hall–Kier alpha value is -0.120. The monoisotopic (exact) mass is 313 g/mol. The summed E-state index contributed by atoms with van der Waals surface area (Å²) in [6, 6.07) is 0. The molecule has 0 amide bonds. The van der Waals surface area contributed by atoms with E-state index in [1.807, 2.05) is 0 Å². The number of morpholine rings is 1. The summed E-state index contributed by atoms with van der Waals surface area (Å²) in [5.74, 6) is 3.15. The van der Waals surface area contributed by atoms with Crippen LogP contribution < -0.4 is 0 Å². The van der Waals surface area contributed by atoms with Crippen LogP contribution in [0.2, 0.25) is 0 Å². The van der Waals surface area contributed by atoms with Gasteiger partial charge in [0.25, 0.3) is 0 Å². The normalized spacial score (nSPS) is 42.4. The minimum Gasteiger partial charge on any atom is -0.379 e. The van der Waals surface area contributed by atoms with E-state index in [-0.39, 0.29) is 17.8 Å². The minimum atomic E-state index is 0. The van der Waals surface area contributed by atoms with E-state index in [0.717, 1.165) is 44.1 Å². The van der Waals surface area contributed by atoms with Crippen LogP contribution in [0, 0.1) is 23.2 Å². The van der Waals surface area contributed by atoms with Crippen molar-refractivity contribution in [2.24, 2.45) is 23.2 Å². The second-order valence-electron chi connectivity index (χ2n) is 7.85. The van der Waals surface area contributed by atoms with E-state index in [0.29, 0.717) is 12.3 Å². The lowest BCUT2D eigenvalue weighted by Crippen LogP contribution is -2.49. The van der Waals surface area contributed by atoms with Gasteiger partial charge in [0.05, 0.1) is 19.8 Å². The van der Waals surface area contributed by atoms with Crippen LogP contribution in [0.1, 0.15) is 44.9 Å². The molecular weight excluding hydrogens is 286 g/mol. The number of rotatable bonds is 3. The van der Waals surface area contributed by atoms with E-state index in [4.69, 9.17) is 4.74 Å². The molecule has 4 bridgehead atoms. The Morgan fingerprint density at radius 1 is 1.00 bits per heavy atom. The number of hydrogen-bond donors (Lipinski definition) is 0. The van der Waals surface area contributed by atoms with E-state index in [1.165, 1.54) is 44.9 Å². The zero-order valence-electron chi connectivity index (χ0n) is 12.9. The fourth-order valence-corrected chi connectivity index (χ4v) is 5.66. The third-order valence-electron chi connectivity index (χ3n) is 6.42. The minimum absolute atomic E-state index is 0. The van der Waals surface area contributed by atoms with Crippen LogP contribution in [0.3, 0.4) is 0 Å². The fourth-order valence-electron chi connectivity index (χ4n) is 5.66. The molecule has 3 nitrogen and oxygen atoms in total. The van der Waals surface area contributed by atoms with Gasteiger partial charge < -0.3 is 4.74 Å². The van der Waals surface area contributed by atoms with Crippen LogP contribution in [-0.4, -0.2) is 43.5 Å². The average Bonchev–Trinajstić information content (AvgIpc) is 2.66. The summed E-state index contributed by atoms with van der Waals surface area (Å²) in [6.45, 7) is 4.17. The zero-order valence-corrected chi connectivity index (χ0v) is 13.7. The SMILES string of the molecule is Cl.O=C(CN1CCOCC1)C12CC3CCC(CC(C3)C1)C2. The Balaban J connectivity index is 0.00000132. The first-order valence-electron chi connectivity index (χ1n) is 8.57. The van der Waals surface area contributed by atoms with Crippen LogP contribution in [0.4, 0.5) is 0 Å². The molecule has 4 heteroatoms. The Bertz CT molecular complexity index is 378. The predicted octanol–water partition coefficient (Wildman–Crippen LogP) is 2.92. The number of nitrogens with zero attached hydrogens (tertiary/aromatic N) is 1. The number of carbonyl (C=O) groups is 1. The lowest BCUT2D eigenvalue weighted by molar-refractivity contribution is -0.138. The highest BCUT2D eigenvalue weighted by Crippen LogP contribution is 2.58. The van der Waals surface area contributed by atoms with Crippen LogP contribution in [0.15, 0.2) is 0 Å². The summed E-state index contributed by atoms with van der Waals surface area (Å²) >= 11 is 0. The van der Waals surface area contributed by atoms with Crippen molar-refractivity contribution in [1.29, 1.82) is 0 Å². The summed E-state index contributed by atoms with van der Waals surface area (Å²) in [7, 11) is 0. The van der Waals surface area contributed by atoms with Crippen molar-refractivity contribution in [2.45, 2.75) is 44.9 Å². The van der Waals surface area contributed by atoms with Crippen molar-refractivity contribution in [3.05, 3.63) is 0 Å². The van der Waals surface area contributed by atoms with E-state index < -0.39 is 0 Å². The molecule has 120 valence electrons. The number of halogens is 1. The van der Waals surface area contributed by atoms with E-state index in [2.05, 4.69) is 4.90 Å². The smallest absolute Gasteiger partial charge is 0.152 e. The molecule has 1 saturated heterocycles. The van der Waals surface area contributed by atoms with Crippen molar-refractivity contribution >= 4 is 18.2 Å². The predicted molar refractivity (Wildman–Crippen MR) is 84.7 cm³/mol. The summed E-state index contributed by atoms with van der Waals surface area (Å²) in [5.41, 5.74) is 0.0747. The van der Waals surface area contributed by atoms with Crippen LogP contribution in [0.25, 0.3) is 0 Å². The van der Waals surface area contributed by atoms with Crippen LogP contribution >= 0.6 is 12.4 Å². The highest BCUT2D eigenvalue weighted by Gasteiger charge is 2.52. The molecule has 1 heterocycles. The van der Waals surface area contributed by atoms with E-state index in [9.17, 15) is 4.79 Å². The standard InChI is InChI=1S/C17H27NO2.ClH/c19-16(12-18-3-5-20-6-4-18)17-9-13-1-2-14(10-17)8-15(7-13)11-17;/h13-15H,1-12H2;1H. The Morgan fingerprint density at radius 2 is 1.57 bits per heavy atom. The molecule has 4 aliphatic carbocycles. The number of Topliss-reactive ketones (excluding diaryl/α,β-unsaturated/α-hetero) is 1. The van der Waals surface area contributed by atoms with Crippen molar-refractivity contribution in [1.82, 2.24) is 4.90 Å². The molecule has 21 heavy (non-hydrogen) atoms. The van der Waals surface area contributed by atoms with Gasteiger partial charge in [-0.15, -0.1) is 12.4 Å². The summed E-state index contributed by atoms with van der Waals surface area (Å²) in [6.07, 6.45) is 9.27. The molecule has 0 N–H and O–H groups in total. The van der Waals surface area contributed by atoms with Crippen molar-refractivity contribution in [2.75, 3.05) is 32.8 Å². The van der Waals surface area contributed by atoms with E-state index >= 15 is 0 Å². The van der Waals surface area contributed by atoms with Gasteiger partial charge in [-0.3, -0.25) is 9.69 Å². The third-order valence-corrected chi connectivity index (χ3v) is 6.42. The molecule has 4 saturated carbocycles. The van der Waals surface area contributed by atoms with Gasteiger partial charge in [-0.1, -0.05) is 12.8 Å². The topological polar surface area (TPSA) is 29.5 Å². The highest BCUT2D eigenvalue weighted by molar-refractivity contribution is 5.87. The van der Waals surface area contributed by atoms with Crippen molar-refractivity contribution < 1.29 is 9.53 Å². The molecule has 5 aliphatic rings. The van der Waals surface area contributed by atoms with Crippen LogP contribution in [-0.2, 0) is 9.53 Å². The van der Waals surface area contributed by atoms with Crippen molar-refractivity contribution in [3.8, 4) is 0 Å². The molecule has 5 fully saturated rings. The summed E-state index contributed by atoms with van der Waals surface area (Å²) in [5, 5.41) is 0. The number of ether oxygens (including phenoxy) is 1. The van der Waals surface area contributed by atoms with E-state index in [1.54, 1.807) is 0 Å². The van der Waals surface area contributed by atoms with Gasteiger partial charge >= 0.3 is 0 Å². The Morgan fingerprint density at radius 3 is 2.19 bits per heavy atom. The first-order valence-corrected chi connectivity index (χ1v) is 8.57. The molecule has 0 aromatic carbocycles. The first kappa shape index (κ1) is 15.8. The quantitative estimate of drug-likeness (QED) is 0.802. The van der Waals surface area contributed by atoms with Gasteiger partial charge in [-0.25, -0.2) is 0 Å². The van der Waals surface area contributed by atoms with Crippen molar-refractivity contribution in [3.63, 3.8) is 0 Å². The molecular formula is C17H28ClNO2. The highest BCUT2D eigenvalue weighted by atomic mass is 35.5. The molecule has 2 unspecified atom stereocenters. The van der Waals surface area contributed by atoms with Gasteiger partial charge in [0.2, 0.25) is 0 Å². The third kappa shape index (κ3) is 3.02. The van der Waals surface area contributed by atoms with Gasteiger partial charge in [-0.05, 0) is 49.9 Å². The lowest BCUT2D eigenvalue weighted by atomic mass is 9.57. The molecule has 2 atom stereocenters. The molecule has 0 spiro atoms. The average molecular weight is 314 g/mol. The summed E-state index contributed by atoms with van der Waals surface area (Å²) < 4.78 is 5.40. The Labute approximate surface area is 134 Å². The molecule has 0 radical (unpaired) electrons. The second kappa shape index (κ2) is 6.17. The largest absolute Gasteiger partial charge is 0.379 e. The molecule has 0 aromatic rings. The number of hydrogen-bond acceptors (Lipinski definition) is 3. The fraction of sp³-hybridized carbons (Fsp3) is 0.941. The van der Waals surface area contributed by atoms with Gasteiger partial charge in [0, 0.05) is 18.5 Å². The number of fused-ring (bicyclic) bond motifs is 1. The maximum absolute atomic E-state index is 13.0. The van der Waals surface area contributed by atoms with Crippen LogP contribution in [0.5, 0.6) is 0 Å². The zero-order chi connectivity index (χ0) is 13.6. The second-order valence-corrected chi connectivity index (χ2v) is 7.85. The lowest BCUT2D eigenvalue weighted by Gasteiger charge is -2.48. The van der Waals surface area contributed by atoms with Gasteiger partial charge in [0.1, 0.15) is 0 Å². The first-order chi connectivity index (χ1) is 9.73. The van der Waals surface area contributed by atoms with Gasteiger partial charge in [-0.2, -0.15) is 0 Å². The number of ketones is 1. The molecule has 0 aromatic heterocycles. The molecule has 1 aliphatic heterocycles.